The van der Waals surface area contributed by atoms with Crippen LogP contribution in [0.1, 0.15) is 62.7 Å². The van der Waals surface area contributed by atoms with E-state index in [1.165, 1.54) is 37.7 Å². The average molecular weight is 232 g/mol. The van der Waals surface area contributed by atoms with Gasteiger partial charge in [-0.1, -0.05) is 63.3 Å². The number of aliphatic hydroxyl groups is 1. The van der Waals surface area contributed by atoms with Crippen LogP contribution >= 0.6 is 0 Å². The third-order valence-corrected chi connectivity index (χ3v) is 3.93. The Morgan fingerprint density at radius 1 is 1.18 bits per heavy atom. The minimum Gasteiger partial charge on any atom is -0.388 e. The summed E-state index contributed by atoms with van der Waals surface area (Å²) >= 11 is 0. The van der Waals surface area contributed by atoms with Crippen molar-refractivity contribution in [3.8, 4) is 0 Å². The van der Waals surface area contributed by atoms with Gasteiger partial charge >= 0.3 is 0 Å². The molecule has 1 aliphatic carbocycles. The molecule has 1 fully saturated rings. The first-order chi connectivity index (χ1) is 8.29. The fourth-order valence-corrected chi connectivity index (χ4v) is 2.89. The Labute approximate surface area is 105 Å². The fourth-order valence-electron chi connectivity index (χ4n) is 2.89. The van der Waals surface area contributed by atoms with Gasteiger partial charge in [0.05, 0.1) is 6.10 Å². The maximum atomic E-state index is 10.2. The highest BCUT2D eigenvalue weighted by Gasteiger charge is 2.19. The summed E-state index contributed by atoms with van der Waals surface area (Å²) in [5.41, 5.74) is 2.47. The van der Waals surface area contributed by atoms with Crippen LogP contribution < -0.4 is 0 Å². The molecule has 1 heteroatoms. The maximum Gasteiger partial charge on any atom is 0.0792 e. The predicted molar refractivity (Wildman–Crippen MR) is 72.0 cm³/mol. The lowest BCUT2D eigenvalue weighted by Crippen LogP contribution is -2.04. The van der Waals surface area contributed by atoms with Crippen LogP contribution in [-0.2, 0) is 6.42 Å². The first-order valence-corrected chi connectivity index (χ1v) is 7.06. The van der Waals surface area contributed by atoms with E-state index in [0.717, 1.165) is 24.3 Å². The molecule has 0 amide bonds. The standard InChI is InChI=1S/C16H24O/c1-2-5-13-8-10-15(11-9-13)16(17)12-14-6-3-4-7-14/h8-11,14,16-17H,2-7,12H2,1H3. The zero-order valence-corrected chi connectivity index (χ0v) is 10.9. The Morgan fingerprint density at radius 2 is 1.82 bits per heavy atom. The van der Waals surface area contributed by atoms with Crippen molar-refractivity contribution in [1.82, 2.24) is 0 Å². The largest absolute Gasteiger partial charge is 0.388 e. The number of rotatable bonds is 5. The summed E-state index contributed by atoms with van der Waals surface area (Å²) in [6.07, 6.45) is 8.35. The van der Waals surface area contributed by atoms with E-state index in [-0.39, 0.29) is 6.10 Å². The molecule has 94 valence electrons. The maximum absolute atomic E-state index is 10.2. The molecule has 17 heavy (non-hydrogen) atoms. The van der Waals surface area contributed by atoms with Crippen LogP contribution in [0.4, 0.5) is 0 Å². The highest BCUT2D eigenvalue weighted by atomic mass is 16.3. The van der Waals surface area contributed by atoms with Crippen molar-refractivity contribution < 1.29 is 5.11 Å². The van der Waals surface area contributed by atoms with Gasteiger partial charge in [-0.15, -0.1) is 0 Å². The highest BCUT2D eigenvalue weighted by molar-refractivity contribution is 5.24. The molecule has 0 radical (unpaired) electrons. The van der Waals surface area contributed by atoms with Crippen molar-refractivity contribution in [2.45, 2.75) is 58.0 Å². The SMILES string of the molecule is CCCc1ccc(C(O)CC2CCCC2)cc1. The molecule has 0 aromatic heterocycles. The van der Waals surface area contributed by atoms with Crippen LogP contribution in [0.2, 0.25) is 0 Å². The second-order valence-electron chi connectivity index (χ2n) is 5.39. The zero-order chi connectivity index (χ0) is 12.1. The summed E-state index contributed by atoms with van der Waals surface area (Å²) in [6.45, 7) is 2.20. The molecule has 1 N–H and O–H groups in total. The van der Waals surface area contributed by atoms with Gasteiger partial charge in [0.2, 0.25) is 0 Å². The van der Waals surface area contributed by atoms with Crippen LogP contribution in [0, 0.1) is 5.92 Å². The van der Waals surface area contributed by atoms with Gasteiger partial charge in [0.15, 0.2) is 0 Å². The number of hydrogen-bond acceptors (Lipinski definition) is 1. The lowest BCUT2D eigenvalue weighted by Gasteiger charge is -2.16. The molecule has 1 atom stereocenters. The van der Waals surface area contributed by atoms with Gasteiger partial charge in [-0.25, -0.2) is 0 Å². The molecular weight excluding hydrogens is 208 g/mol. The minimum atomic E-state index is -0.256. The van der Waals surface area contributed by atoms with E-state index in [2.05, 4.69) is 31.2 Å². The van der Waals surface area contributed by atoms with Crippen LogP contribution in [0.25, 0.3) is 0 Å². The quantitative estimate of drug-likeness (QED) is 0.804. The van der Waals surface area contributed by atoms with Crippen molar-refractivity contribution in [1.29, 1.82) is 0 Å². The molecule has 1 aromatic carbocycles. The third kappa shape index (κ3) is 3.57. The Kier molecular flexibility index (Phi) is 4.61. The second kappa shape index (κ2) is 6.20. The average Bonchev–Trinajstić information content (AvgIpc) is 2.83. The van der Waals surface area contributed by atoms with Gasteiger partial charge in [-0.3, -0.25) is 0 Å². The second-order valence-corrected chi connectivity index (χ2v) is 5.39. The van der Waals surface area contributed by atoms with Crippen molar-refractivity contribution in [2.75, 3.05) is 0 Å². The molecule has 1 aliphatic rings. The molecule has 1 saturated carbocycles. The van der Waals surface area contributed by atoms with Gasteiger partial charge in [0.1, 0.15) is 0 Å². The van der Waals surface area contributed by atoms with Crippen LogP contribution in [0.3, 0.4) is 0 Å². The van der Waals surface area contributed by atoms with Crippen molar-refractivity contribution in [3.05, 3.63) is 35.4 Å². The molecular formula is C16H24O. The Hall–Kier alpha value is -0.820. The van der Waals surface area contributed by atoms with E-state index in [0.29, 0.717) is 0 Å². The Balaban J connectivity index is 1.91. The van der Waals surface area contributed by atoms with Crippen LogP contribution in [-0.4, -0.2) is 5.11 Å². The number of aliphatic hydroxyl groups excluding tert-OH is 1. The predicted octanol–water partition coefficient (Wildman–Crippen LogP) is 4.25. The molecule has 1 nitrogen and oxygen atoms in total. The Morgan fingerprint density at radius 3 is 2.41 bits per heavy atom. The van der Waals surface area contributed by atoms with Crippen molar-refractivity contribution in [2.24, 2.45) is 5.92 Å². The van der Waals surface area contributed by atoms with Crippen molar-refractivity contribution >= 4 is 0 Å². The van der Waals surface area contributed by atoms with Crippen molar-refractivity contribution in [3.63, 3.8) is 0 Å². The minimum absolute atomic E-state index is 0.256. The van der Waals surface area contributed by atoms with E-state index in [1.54, 1.807) is 0 Å². The summed E-state index contributed by atoms with van der Waals surface area (Å²) in [6, 6.07) is 8.53. The van der Waals surface area contributed by atoms with E-state index >= 15 is 0 Å². The van der Waals surface area contributed by atoms with Crippen LogP contribution in [0.15, 0.2) is 24.3 Å². The van der Waals surface area contributed by atoms with Gasteiger partial charge in [-0.05, 0) is 29.9 Å². The summed E-state index contributed by atoms with van der Waals surface area (Å²) in [4.78, 5) is 0. The Bertz CT molecular complexity index is 322. The molecule has 0 saturated heterocycles. The number of aryl methyl sites for hydroxylation is 1. The fraction of sp³-hybridized carbons (Fsp3) is 0.625. The monoisotopic (exact) mass is 232 g/mol. The first-order valence-electron chi connectivity index (χ1n) is 7.06. The molecule has 1 unspecified atom stereocenters. The molecule has 0 bridgehead atoms. The van der Waals surface area contributed by atoms with Crippen LogP contribution in [0.5, 0.6) is 0 Å². The van der Waals surface area contributed by atoms with Gasteiger partial charge in [-0.2, -0.15) is 0 Å². The highest BCUT2D eigenvalue weighted by Crippen LogP contribution is 2.32. The topological polar surface area (TPSA) is 20.2 Å². The first kappa shape index (κ1) is 12.6. The number of hydrogen-bond donors (Lipinski definition) is 1. The van der Waals surface area contributed by atoms with E-state index in [9.17, 15) is 5.11 Å². The molecule has 0 aliphatic heterocycles. The lowest BCUT2D eigenvalue weighted by atomic mass is 9.95. The van der Waals surface area contributed by atoms with E-state index in [1.807, 2.05) is 0 Å². The molecule has 2 rings (SSSR count). The lowest BCUT2D eigenvalue weighted by molar-refractivity contribution is 0.145. The van der Waals surface area contributed by atoms with E-state index < -0.39 is 0 Å². The number of benzene rings is 1. The van der Waals surface area contributed by atoms with E-state index in [4.69, 9.17) is 0 Å². The van der Waals surface area contributed by atoms with Gasteiger partial charge in [0.25, 0.3) is 0 Å². The molecule has 1 aromatic rings. The zero-order valence-electron chi connectivity index (χ0n) is 10.9. The summed E-state index contributed by atoms with van der Waals surface area (Å²) in [5.74, 6) is 0.750. The summed E-state index contributed by atoms with van der Waals surface area (Å²) < 4.78 is 0. The third-order valence-electron chi connectivity index (χ3n) is 3.93. The molecule has 0 heterocycles. The smallest absolute Gasteiger partial charge is 0.0792 e. The normalized spacial score (nSPS) is 18.5. The van der Waals surface area contributed by atoms with Gasteiger partial charge in [0, 0.05) is 0 Å². The summed E-state index contributed by atoms with van der Waals surface area (Å²) in [5, 5.41) is 10.2. The molecule has 0 spiro atoms. The van der Waals surface area contributed by atoms with Gasteiger partial charge < -0.3 is 5.11 Å². The summed E-state index contributed by atoms with van der Waals surface area (Å²) in [7, 11) is 0.